The first-order valence-electron chi connectivity index (χ1n) is 7.46. The molecule has 0 radical (unpaired) electrons. The van der Waals surface area contributed by atoms with Crippen molar-refractivity contribution < 1.29 is 19.7 Å². The summed E-state index contributed by atoms with van der Waals surface area (Å²) in [7, 11) is 0. The Morgan fingerprint density at radius 1 is 1.10 bits per heavy atom. The predicted octanol–water partition coefficient (Wildman–Crippen LogP) is 2.51. The molecular formula is C16H30O4. The van der Waals surface area contributed by atoms with Crippen molar-refractivity contribution >= 4 is 5.97 Å². The van der Waals surface area contributed by atoms with Crippen LogP contribution in [0, 0.1) is 17.3 Å². The molecule has 0 aliphatic heterocycles. The second-order valence-electron chi connectivity index (χ2n) is 7.86. The van der Waals surface area contributed by atoms with E-state index in [1.54, 1.807) is 27.7 Å². The lowest BCUT2D eigenvalue weighted by Crippen LogP contribution is -2.61. The van der Waals surface area contributed by atoms with E-state index in [9.17, 15) is 15.0 Å². The molecule has 118 valence electrons. The lowest BCUT2D eigenvalue weighted by atomic mass is 9.58. The van der Waals surface area contributed by atoms with E-state index >= 15 is 0 Å². The van der Waals surface area contributed by atoms with E-state index in [1.165, 1.54) is 0 Å². The molecule has 0 aromatic rings. The minimum Gasteiger partial charge on any atom is -0.462 e. The van der Waals surface area contributed by atoms with Crippen LogP contribution in [-0.2, 0) is 9.53 Å². The molecule has 0 heterocycles. The number of aliphatic hydroxyl groups is 2. The van der Waals surface area contributed by atoms with Gasteiger partial charge in [-0.3, -0.25) is 4.79 Å². The Balaban J connectivity index is 2.81. The zero-order chi connectivity index (χ0) is 15.9. The van der Waals surface area contributed by atoms with E-state index in [-0.39, 0.29) is 23.9 Å². The van der Waals surface area contributed by atoms with Gasteiger partial charge in [0.15, 0.2) is 0 Å². The van der Waals surface area contributed by atoms with Crippen molar-refractivity contribution in [1.29, 1.82) is 0 Å². The first-order chi connectivity index (χ1) is 8.80. The Kier molecular flexibility index (Phi) is 4.62. The summed E-state index contributed by atoms with van der Waals surface area (Å²) in [4.78, 5) is 12.2. The highest BCUT2D eigenvalue weighted by Gasteiger charge is 2.56. The van der Waals surface area contributed by atoms with Crippen molar-refractivity contribution in [2.24, 2.45) is 17.3 Å². The standard InChI is InChI=1S/C16H30O4/c1-8-14(2,3)13(17)20-11-9-10(15(4,5)18)12(11)16(6,7)19/h10-12,18-19H,8-9H2,1-7H3. The molecule has 1 rings (SSSR count). The largest absolute Gasteiger partial charge is 0.462 e. The Hall–Kier alpha value is -0.610. The summed E-state index contributed by atoms with van der Waals surface area (Å²) in [6, 6.07) is 0. The smallest absolute Gasteiger partial charge is 0.311 e. The maximum absolute atomic E-state index is 12.2. The molecule has 3 atom stereocenters. The van der Waals surface area contributed by atoms with Crippen LogP contribution in [0.4, 0.5) is 0 Å². The zero-order valence-corrected chi connectivity index (χ0v) is 13.9. The third-order valence-corrected chi connectivity index (χ3v) is 4.74. The molecule has 0 saturated heterocycles. The number of hydrogen-bond donors (Lipinski definition) is 2. The lowest BCUT2D eigenvalue weighted by Gasteiger charge is -2.54. The highest BCUT2D eigenvalue weighted by Crippen LogP contribution is 2.49. The summed E-state index contributed by atoms with van der Waals surface area (Å²) in [5.74, 6) is -0.530. The number of hydrogen-bond acceptors (Lipinski definition) is 4. The molecule has 1 fully saturated rings. The van der Waals surface area contributed by atoms with Crippen LogP contribution < -0.4 is 0 Å². The average Bonchev–Trinajstić information content (AvgIpc) is 2.18. The van der Waals surface area contributed by atoms with Crippen molar-refractivity contribution in [2.45, 2.75) is 78.6 Å². The van der Waals surface area contributed by atoms with Crippen LogP contribution >= 0.6 is 0 Å². The Morgan fingerprint density at radius 2 is 1.60 bits per heavy atom. The Labute approximate surface area is 122 Å². The summed E-state index contributed by atoms with van der Waals surface area (Å²) >= 11 is 0. The number of esters is 1. The van der Waals surface area contributed by atoms with Gasteiger partial charge in [0.25, 0.3) is 0 Å². The van der Waals surface area contributed by atoms with Gasteiger partial charge in [-0.05, 0) is 60.3 Å². The molecule has 0 aromatic carbocycles. The van der Waals surface area contributed by atoms with Gasteiger partial charge in [0.05, 0.1) is 16.6 Å². The van der Waals surface area contributed by atoms with E-state index in [1.807, 2.05) is 20.8 Å². The fourth-order valence-corrected chi connectivity index (χ4v) is 2.84. The summed E-state index contributed by atoms with van der Waals surface area (Å²) in [6.07, 6.45) is 0.995. The molecule has 2 N–H and O–H groups in total. The molecule has 0 bridgehead atoms. The molecule has 4 nitrogen and oxygen atoms in total. The zero-order valence-electron chi connectivity index (χ0n) is 13.9. The number of rotatable bonds is 5. The number of ether oxygens (including phenoxy) is 1. The number of carbonyl (C=O) groups is 1. The predicted molar refractivity (Wildman–Crippen MR) is 78.1 cm³/mol. The number of carbonyl (C=O) groups excluding carboxylic acids is 1. The molecule has 20 heavy (non-hydrogen) atoms. The van der Waals surface area contributed by atoms with Crippen molar-refractivity contribution in [2.75, 3.05) is 0 Å². The third kappa shape index (κ3) is 3.53. The van der Waals surface area contributed by atoms with Gasteiger partial charge in [-0.2, -0.15) is 0 Å². The summed E-state index contributed by atoms with van der Waals surface area (Å²) < 4.78 is 5.60. The van der Waals surface area contributed by atoms with Gasteiger partial charge in [0.1, 0.15) is 6.10 Å². The molecule has 1 aliphatic carbocycles. The van der Waals surface area contributed by atoms with Crippen molar-refractivity contribution in [3.05, 3.63) is 0 Å². The second-order valence-corrected chi connectivity index (χ2v) is 7.86. The molecule has 3 unspecified atom stereocenters. The maximum Gasteiger partial charge on any atom is 0.311 e. The molecule has 0 spiro atoms. The van der Waals surface area contributed by atoms with Gasteiger partial charge >= 0.3 is 5.97 Å². The van der Waals surface area contributed by atoms with E-state index in [4.69, 9.17) is 4.74 Å². The summed E-state index contributed by atoms with van der Waals surface area (Å²) in [5.41, 5.74) is -2.37. The van der Waals surface area contributed by atoms with Gasteiger partial charge in [-0.25, -0.2) is 0 Å². The minimum absolute atomic E-state index is 0.0648. The van der Waals surface area contributed by atoms with Crippen LogP contribution in [0.15, 0.2) is 0 Å². The first kappa shape index (κ1) is 17.4. The average molecular weight is 286 g/mol. The van der Waals surface area contributed by atoms with Crippen LogP contribution in [0.25, 0.3) is 0 Å². The topological polar surface area (TPSA) is 66.8 Å². The molecule has 4 heteroatoms. The normalized spacial score (nSPS) is 27.9. The van der Waals surface area contributed by atoms with Crippen molar-refractivity contribution in [3.63, 3.8) is 0 Å². The Bertz CT molecular complexity index is 360. The van der Waals surface area contributed by atoms with Gasteiger partial charge in [-0.1, -0.05) is 6.92 Å². The van der Waals surface area contributed by atoms with Gasteiger partial charge in [-0.15, -0.1) is 0 Å². The second kappa shape index (κ2) is 5.30. The highest BCUT2D eigenvalue weighted by molar-refractivity contribution is 5.76. The van der Waals surface area contributed by atoms with E-state index in [0.29, 0.717) is 12.8 Å². The minimum atomic E-state index is -0.982. The van der Waals surface area contributed by atoms with E-state index in [2.05, 4.69) is 0 Å². The molecule has 1 aliphatic rings. The quantitative estimate of drug-likeness (QED) is 0.762. The van der Waals surface area contributed by atoms with E-state index < -0.39 is 16.6 Å². The van der Waals surface area contributed by atoms with Gasteiger partial charge < -0.3 is 14.9 Å². The SMILES string of the molecule is CCC(C)(C)C(=O)OC1CC(C(C)(C)O)C1C(C)(C)O. The monoisotopic (exact) mass is 286 g/mol. The van der Waals surface area contributed by atoms with Crippen LogP contribution in [0.3, 0.4) is 0 Å². The molecular weight excluding hydrogens is 256 g/mol. The van der Waals surface area contributed by atoms with Crippen LogP contribution in [-0.4, -0.2) is 33.5 Å². The Morgan fingerprint density at radius 3 is 1.95 bits per heavy atom. The fourth-order valence-electron chi connectivity index (χ4n) is 2.84. The van der Waals surface area contributed by atoms with Crippen molar-refractivity contribution in [3.8, 4) is 0 Å². The highest BCUT2D eigenvalue weighted by atomic mass is 16.5. The summed E-state index contributed by atoms with van der Waals surface area (Å²) in [5, 5.41) is 20.5. The van der Waals surface area contributed by atoms with Crippen LogP contribution in [0.5, 0.6) is 0 Å². The third-order valence-electron chi connectivity index (χ3n) is 4.74. The molecule has 1 saturated carbocycles. The first-order valence-corrected chi connectivity index (χ1v) is 7.46. The van der Waals surface area contributed by atoms with Crippen molar-refractivity contribution in [1.82, 2.24) is 0 Å². The van der Waals surface area contributed by atoms with E-state index in [0.717, 1.165) is 0 Å². The van der Waals surface area contributed by atoms with Crippen LogP contribution in [0.2, 0.25) is 0 Å². The van der Waals surface area contributed by atoms with Gasteiger partial charge in [0.2, 0.25) is 0 Å². The molecule has 0 aromatic heterocycles. The molecule has 0 amide bonds. The maximum atomic E-state index is 12.2. The summed E-state index contributed by atoms with van der Waals surface area (Å²) in [6.45, 7) is 12.6. The van der Waals surface area contributed by atoms with Gasteiger partial charge in [0, 0.05) is 5.92 Å². The fraction of sp³-hybridized carbons (Fsp3) is 0.938. The lowest BCUT2D eigenvalue weighted by molar-refractivity contribution is -0.216. The van der Waals surface area contributed by atoms with Crippen LogP contribution in [0.1, 0.15) is 61.3 Å².